The molecule has 72 valence electrons. The number of aryl methyl sites for hydroxylation is 1. The van der Waals surface area contributed by atoms with Crippen molar-refractivity contribution >= 4 is 23.2 Å². The smallest absolute Gasteiger partial charge is 0.136 e. The Hall–Kier alpha value is -0.400. The largest absolute Gasteiger partial charge is 0.508 e. The molecule has 0 atom stereocenters. The van der Waals surface area contributed by atoms with Crippen LogP contribution in [0.4, 0.5) is 0 Å². The first kappa shape index (κ1) is 10.7. The van der Waals surface area contributed by atoms with E-state index in [0.717, 1.165) is 18.4 Å². The predicted molar refractivity (Wildman–Crippen MR) is 56.5 cm³/mol. The van der Waals surface area contributed by atoms with Crippen molar-refractivity contribution in [3.8, 4) is 5.75 Å². The number of rotatable bonds is 3. The van der Waals surface area contributed by atoms with Gasteiger partial charge in [0, 0.05) is 5.56 Å². The molecular formula is C10H12Cl2O. The third-order valence-corrected chi connectivity index (χ3v) is 2.34. The number of alkyl halides is 2. The fourth-order valence-electron chi connectivity index (χ4n) is 1.22. The highest BCUT2D eigenvalue weighted by atomic mass is 35.5. The van der Waals surface area contributed by atoms with E-state index in [4.69, 9.17) is 23.2 Å². The highest BCUT2D eigenvalue weighted by molar-refractivity contribution is 6.44. The normalized spacial score (nSPS) is 10.8. The molecule has 0 saturated carbocycles. The second kappa shape index (κ2) is 4.73. The third-order valence-electron chi connectivity index (χ3n) is 1.87. The van der Waals surface area contributed by atoms with Crippen LogP contribution in [0.3, 0.4) is 0 Å². The maximum Gasteiger partial charge on any atom is 0.136 e. The van der Waals surface area contributed by atoms with E-state index in [9.17, 15) is 5.11 Å². The first-order valence-corrected chi connectivity index (χ1v) is 5.12. The van der Waals surface area contributed by atoms with Gasteiger partial charge in [0.25, 0.3) is 0 Å². The van der Waals surface area contributed by atoms with Crippen LogP contribution in [0.5, 0.6) is 5.75 Å². The summed E-state index contributed by atoms with van der Waals surface area (Å²) in [5.74, 6) is 0.162. The van der Waals surface area contributed by atoms with Crippen LogP contribution >= 0.6 is 23.2 Å². The van der Waals surface area contributed by atoms with Crippen molar-refractivity contribution in [2.45, 2.75) is 24.6 Å². The Balaban J connectivity index is 2.97. The van der Waals surface area contributed by atoms with Gasteiger partial charge in [-0.3, -0.25) is 0 Å². The Labute approximate surface area is 88.3 Å². The number of phenols is 1. The number of phenolic OH excluding ortho intramolecular Hbond substituents is 1. The molecule has 1 nitrogen and oxygen atoms in total. The van der Waals surface area contributed by atoms with Gasteiger partial charge in [0.2, 0.25) is 0 Å². The zero-order chi connectivity index (χ0) is 9.84. The minimum absolute atomic E-state index is 0.162. The van der Waals surface area contributed by atoms with Crippen LogP contribution in [-0.4, -0.2) is 5.11 Å². The summed E-state index contributed by atoms with van der Waals surface area (Å²) in [6, 6.07) is 5.38. The van der Waals surface area contributed by atoms with Gasteiger partial charge in [-0.05, 0) is 24.1 Å². The summed E-state index contributed by atoms with van der Waals surface area (Å²) in [6.07, 6.45) is 2.05. The molecule has 1 rings (SSSR count). The molecule has 1 aromatic rings. The standard InChI is InChI=1S/C10H12Cl2O/c1-2-3-7-4-5-9(13)8(6-7)10(11)12/h4-6,10,13H,2-3H2,1H3. The van der Waals surface area contributed by atoms with E-state index in [2.05, 4.69) is 6.92 Å². The van der Waals surface area contributed by atoms with Gasteiger partial charge >= 0.3 is 0 Å². The summed E-state index contributed by atoms with van der Waals surface area (Å²) in [4.78, 5) is -0.656. The molecular weight excluding hydrogens is 207 g/mol. The minimum atomic E-state index is -0.656. The van der Waals surface area contributed by atoms with Gasteiger partial charge in [-0.1, -0.05) is 42.6 Å². The van der Waals surface area contributed by atoms with Crippen molar-refractivity contribution in [3.05, 3.63) is 29.3 Å². The second-order valence-corrected chi connectivity index (χ2v) is 4.04. The van der Waals surface area contributed by atoms with Gasteiger partial charge in [-0.2, -0.15) is 0 Å². The molecule has 0 aliphatic rings. The maximum atomic E-state index is 9.40. The van der Waals surface area contributed by atoms with Gasteiger partial charge in [0.15, 0.2) is 0 Å². The van der Waals surface area contributed by atoms with Crippen LogP contribution in [0.2, 0.25) is 0 Å². The Kier molecular flexibility index (Phi) is 3.89. The SMILES string of the molecule is CCCc1ccc(O)c(C(Cl)Cl)c1. The van der Waals surface area contributed by atoms with Crippen molar-refractivity contribution in [1.29, 1.82) is 0 Å². The van der Waals surface area contributed by atoms with Crippen LogP contribution < -0.4 is 0 Å². The fourth-order valence-corrected chi connectivity index (χ4v) is 1.57. The highest BCUT2D eigenvalue weighted by Crippen LogP contribution is 2.32. The molecule has 0 amide bonds. The molecule has 1 aromatic carbocycles. The average molecular weight is 219 g/mol. The van der Waals surface area contributed by atoms with Crippen molar-refractivity contribution < 1.29 is 5.11 Å². The quantitative estimate of drug-likeness (QED) is 0.766. The Bertz CT molecular complexity index is 284. The molecule has 13 heavy (non-hydrogen) atoms. The molecule has 0 heterocycles. The van der Waals surface area contributed by atoms with Crippen molar-refractivity contribution in [2.75, 3.05) is 0 Å². The van der Waals surface area contributed by atoms with Crippen LogP contribution in [0.15, 0.2) is 18.2 Å². The highest BCUT2D eigenvalue weighted by Gasteiger charge is 2.09. The molecule has 0 spiro atoms. The van der Waals surface area contributed by atoms with Gasteiger partial charge in [-0.15, -0.1) is 0 Å². The third kappa shape index (κ3) is 2.78. The van der Waals surface area contributed by atoms with E-state index >= 15 is 0 Å². The second-order valence-electron chi connectivity index (χ2n) is 2.94. The van der Waals surface area contributed by atoms with E-state index < -0.39 is 4.84 Å². The fraction of sp³-hybridized carbons (Fsp3) is 0.400. The lowest BCUT2D eigenvalue weighted by molar-refractivity contribution is 0.470. The van der Waals surface area contributed by atoms with Crippen LogP contribution in [0, 0.1) is 0 Å². The molecule has 0 bridgehead atoms. The minimum Gasteiger partial charge on any atom is -0.508 e. The van der Waals surface area contributed by atoms with Crippen LogP contribution in [0.1, 0.15) is 29.3 Å². The topological polar surface area (TPSA) is 20.2 Å². The predicted octanol–water partition coefficient (Wildman–Crippen LogP) is 3.82. The molecule has 0 aromatic heterocycles. The van der Waals surface area contributed by atoms with Crippen LogP contribution in [-0.2, 0) is 6.42 Å². The zero-order valence-corrected chi connectivity index (χ0v) is 8.94. The molecule has 3 heteroatoms. The zero-order valence-electron chi connectivity index (χ0n) is 7.43. The number of halogens is 2. The number of aromatic hydroxyl groups is 1. The molecule has 0 fully saturated rings. The summed E-state index contributed by atoms with van der Waals surface area (Å²) in [5, 5.41) is 9.40. The Morgan fingerprint density at radius 2 is 2.08 bits per heavy atom. The van der Waals surface area contributed by atoms with Gasteiger partial charge < -0.3 is 5.11 Å². The van der Waals surface area contributed by atoms with Crippen LogP contribution in [0.25, 0.3) is 0 Å². The average Bonchev–Trinajstić information content (AvgIpc) is 2.08. The summed E-state index contributed by atoms with van der Waals surface area (Å²) in [5.41, 5.74) is 1.75. The number of hydrogen-bond acceptors (Lipinski definition) is 1. The van der Waals surface area contributed by atoms with E-state index in [-0.39, 0.29) is 5.75 Å². The Morgan fingerprint density at radius 3 is 2.62 bits per heavy atom. The van der Waals surface area contributed by atoms with E-state index in [1.807, 2.05) is 12.1 Å². The number of hydrogen-bond donors (Lipinski definition) is 1. The molecule has 1 N–H and O–H groups in total. The molecule has 0 radical (unpaired) electrons. The maximum absolute atomic E-state index is 9.40. The first-order valence-electron chi connectivity index (χ1n) is 4.25. The van der Waals surface area contributed by atoms with Gasteiger partial charge in [0.05, 0.1) is 0 Å². The van der Waals surface area contributed by atoms with Crippen molar-refractivity contribution in [3.63, 3.8) is 0 Å². The lowest BCUT2D eigenvalue weighted by Crippen LogP contribution is -1.88. The first-order chi connectivity index (χ1) is 6.15. The molecule has 0 unspecified atom stereocenters. The monoisotopic (exact) mass is 218 g/mol. The van der Waals surface area contributed by atoms with Gasteiger partial charge in [-0.25, -0.2) is 0 Å². The lowest BCUT2D eigenvalue weighted by Gasteiger charge is -2.07. The van der Waals surface area contributed by atoms with E-state index in [1.165, 1.54) is 0 Å². The van der Waals surface area contributed by atoms with Gasteiger partial charge in [0.1, 0.15) is 10.6 Å². The van der Waals surface area contributed by atoms with Crippen molar-refractivity contribution in [2.24, 2.45) is 0 Å². The molecule has 0 saturated heterocycles. The Morgan fingerprint density at radius 1 is 1.38 bits per heavy atom. The summed E-state index contributed by atoms with van der Waals surface area (Å²) in [7, 11) is 0. The number of benzene rings is 1. The van der Waals surface area contributed by atoms with E-state index in [0.29, 0.717) is 5.56 Å². The van der Waals surface area contributed by atoms with Crippen molar-refractivity contribution in [1.82, 2.24) is 0 Å². The molecule has 0 aliphatic carbocycles. The lowest BCUT2D eigenvalue weighted by atomic mass is 10.1. The molecule has 0 aliphatic heterocycles. The van der Waals surface area contributed by atoms with E-state index in [1.54, 1.807) is 6.07 Å². The summed E-state index contributed by atoms with van der Waals surface area (Å²) >= 11 is 11.4. The summed E-state index contributed by atoms with van der Waals surface area (Å²) in [6.45, 7) is 2.10. The summed E-state index contributed by atoms with van der Waals surface area (Å²) < 4.78 is 0.